The fraction of sp³-hybridized carbons (Fsp3) is 0.533. The van der Waals surface area contributed by atoms with Gasteiger partial charge in [0.25, 0.3) is 11.6 Å². The molecule has 1 fully saturated rings. The van der Waals surface area contributed by atoms with Crippen LogP contribution < -0.4 is 10.6 Å². The number of nitrogens with zero attached hydrogens (tertiary/aromatic N) is 1. The van der Waals surface area contributed by atoms with E-state index in [0.717, 1.165) is 25.9 Å². The summed E-state index contributed by atoms with van der Waals surface area (Å²) in [4.78, 5) is 23.0. The second-order valence-corrected chi connectivity index (χ2v) is 6.70. The Morgan fingerprint density at radius 2 is 2.17 bits per heavy atom. The van der Waals surface area contributed by atoms with Crippen molar-refractivity contribution in [3.63, 3.8) is 0 Å². The van der Waals surface area contributed by atoms with E-state index in [2.05, 4.69) is 26.6 Å². The van der Waals surface area contributed by atoms with Crippen molar-refractivity contribution in [2.75, 3.05) is 33.4 Å². The summed E-state index contributed by atoms with van der Waals surface area (Å²) in [6.07, 6.45) is 1.78. The van der Waals surface area contributed by atoms with Crippen LogP contribution in [0.5, 0.6) is 0 Å². The molecule has 2 N–H and O–H groups in total. The van der Waals surface area contributed by atoms with Crippen molar-refractivity contribution >= 4 is 27.5 Å². The van der Waals surface area contributed by atoms with Crippen molar-refractivity contribution < 1.29 is 14.5 Å². The first-order chi connectivity index (χ1) is 11.0. The summed E-state index contributed by atoms with van der Waals surface area (Å²) in [5, 5.41) is 17.3. The standard InChI is InChI=1S/C15H20BrN3O4/c1-23-10-15(4-6-17-7-5-15)9-18-14(20)12-3-2-11(16)8-13(12)19(21)22/h2-3,8,17H,4-7,9-10H2,1H3,(H,18,20). The van der Waals surface area contributed by atoms with Gasteiger partial charge in [0, 0.05) is 29.6 Å². The second-order valence-electron chi connectivity index (χ2n) is 5.78. The molecule has 0 radical (unpaired) electrons. The van der Waals surface area contributed by atoms with Gasteiger partial charge in [-0.3, -0.25) is 14.9 Å². The SMILES string of the molecule is COCC1(CNC(=O)c2ccc(Br)cc2[N+](=O)[O-])CCNCC1. The summed E-state index contributed by atoms with van der Waals surface area (Å²) >= 11 is 3.18. The van der Waals surface area contributed by atoms with Gasteiger partial charge in [-0.1, -0.05) is 15.9 Å². The average molecular weight is 386 g/mol. The third-order valence-electron chi connectivity index (χ3n) is 4.14. The highest BCUT2D eigenvalue weighted by Crippen LogP contribution is 2.29. The number of nitro benzene ring substituents is 1. The lowest BCUT2D eigenvalue weighted by Crippen LogP contribution is -2.47. The number of carbonyl (C=O) groups is 1. The number of ether oxygens (including phenoxy) is 1. The van der Waals surface area contributed by atoms with Gasteiger partial charge < -0.3 is 15.4 Å². The second kappa shape index (κ2) is 7.85. The largest absolute Gasteiger partial charge is 0.384 e. The molecule has 7 nitrogen and oxygen atoms in total. The van der Waals surface area contributed by atoms with E-state index in [9.17, 15) is 14.9 Å². The molecule has 1 aromatic rings. The lowest BCUT2D eigenvalue weighted by Gasteiger charge is -2.37. The quantitative estimate of drug-likeness (QED) is 0.577. The normalized spacial score (nSPS) is 16.8. The van der Waals surface area contributed by atoms with Gasteiger partial charge in [0.2, 0.25) is 0 Å². The van der Waals surface area contributed by atoms with Crippen LogP contribution >= 0.6 is 15.9 Å². The first kappa shape index (κ1) is 17.8. The number of benzene rings is 1. The molecule has 1 heterocycles. The highest BCUT2D eigenvalue weighted by atomic mass is 79.9. The number of hydrogen-bond acceptors (Lipinski definition) is 5. The molecule has 1 aliphatic rings. The van der Waals surface area contributed by atoms with Crippen LogP contribution in [0.1, 0.15) is 23.2 Å². The Morgan fingerprint density at radius 3 is 2.78 bits per heavy atom. The zero-order valence-corrected chi connectivity index (χ0v) is 14.5. The molecule has 126 valence electrons. The van der Waals surface area contributed by atoms with Gasteiger partial charge in [0.15, 0.2) is 0 Å². The zero-order chi connectivity index (χ0) is 16.9. The van der Waals surface area contributed by atoms with Crippen LogP contribution in [0.2, 0.25) is 0 Å². The van der Waals surface area contributed by atoms with E-state index < -0.39 is 10.8 Å². The molecule has 1 saturated heterocycles. The van der Waals surface area contributed by atoms with Gasteiger partial charge in [-0.25, -0.2) is 0 Å². The summed E-state index contributed by atoms with van der Waals surface area (Å²) in [6, 6.07) is 4.42. The first-order valence-electron chi connectivity index (χ1n) is 7.39. The van der Waals surface area contributed by atoms with Crippen LogP contribution in [0, 0.1) is 15.5 Å². The fourth-order valence-corrected chi connectivity index (χ4v) is 3.20. The van der Waals surface area contributed by atoms with Crippen molar-refractivity contribution in [3.8, 4) is 0 Å². The number of carbonyl (C=O) groups excluding carboxylic acids is 1. The maximum atomic E-state index is 12.4. The maximum absolute atomic E-state index is 12.4. The molecule has 0 aliphatic carbocycles. The molecule has 1 aliphatic heterocycles. The van der Waals surface area contributed by atoms with Gasteiger partial charge in [-0.15, -0.1) is 0 Å². The van der Waals surface area contributed by atoms with Gasteiger partial charge >= 0.3 is 0 Å². The topological polar surface area (TPSA) is 93.5 Å². The number of nitro groups is 1. The van der Waals surface area contributed by atoms with Crippen molar-refractivity contribution in [2.24, 2.45) is 5.41 Å². The Labute approximate surface area is 143 Å². The smallest absolute Gasteiger partial charge is 0.283 e. The van der Waals surface area contributed by atoms with Crippen LogP contribution in [0.15, 0.2) is 22.7 Å². The van der Waals surface area contributed by atoms with Gasteiger partial charge in [0.05, 0.1) is 11.5 Å². The maximum Gasteiger partial charge on any atom is 0.283 e. The molecule has 0 spiro atoms. The minimum atomic E-state index is -0.547. The van der Waals surface area contributed by atoms with Crippen LogP contribution in [0.25, 0.3) is 0 Å². The van der Waals surface area contributed by atoms with E-state index in [-0.39, 0.29) is 16.7 Å². The highest BCUT2D eigenvalue weighted by Gasteiger charge is 2.33. The molecular weight excluding hydrogens is 366 g/mol. The number of nitrogens with one attached hydrogen (secondary N) is 2. The van der Waals surface area contributed by atoms with Gasteiger partial charge in [-0.2, -0.15) is 0 Å². The van der Waals surface area contributed by atoms with Crippen molar-refractivity contribution in [2.45, 2.75) is 12.8 Å². The molecule has 0 saturated carbocycles. The molecule has 0 bridgehead atoms. The van der Waals surface area contributed by atoms with Crippen molar-refractivity contribution in [1.82, 2.24) is 10.6 Å². The predicted molar refractivity (Wildman–Crippen MR) is 89.5 cm³/mol. The lowest BCUT2D eigenvalue weighted by atomic mass is 9.79. The lowest BCUT2D eigenvalue weighted by molar-refractivity contribution is -0.385. The zero-order valence-electron chi connectivity index (χ0n) is 12.9. The van der Waals surface area contributed by atoms with Gasteiger partial charge in [-0.05, 0) is 38.1 Å². The molecule has 8 heteroatoms. The predicted octanol–water partition coefficient (Wildman–Crippen LogP) is 2.10. The summed E-state index contributed by atoms with van der Waals surface area (Å²) < 4.78 is 5.87. The molecular formula is C15H20BrN3O4. The summed E-state index contributed by atoms with van der Waals surface area (Å²) in [7, 11) is 1.64. The molecule has 0 aromatic heterocycles. The fourth-order valence-electron chi connectivity index (χ4n) is 2.85. The third-order valence-corrected chi connectivity index (χ3v) is 4.63. The van der Waals surface area contributed by atoms with E-state index in [1.807, 2.05) is 0 Å². The molecule has 2 rings (SSSR count). The van der Waals surface area contributed by atoms with E-state index in [0.29, 0.717) is 17.6 Å². The third kappa shape index (κ3) is 4.49. The average Bonchev–Trinajstić information content (AvgIpc) is 2.54. The molecule has 1 amide bonds. The summed E-state index contributed by atoms with van der Waals surface area (Å²) in [5.74, 6) is -0.432. The minimum absolute atomic E-state index is 0.0692. The van der Waals surface area contributed by atoms with Crippen LogP contribution in [-0.4, -0.2) is 44.2 Å². The highest BCUT2D eigenvalue weighted by molar-refractivity contribution is 9.10. The van der Waals surface area contributed by atoms with Crippen molar-refractivity contribution in [1.29, 1.82) is 0 Å². The minimum Gasteiger partial charge on any atom is -0.384 e. The van der Waals surface area contributed by atoms with E-state index in [1.54, 1.807) is 13.2 Å². The van der Waals surface area contributed by atoms with Crippen LogP contribution in [0.4, 0.5) is 5.69 Å². The number of halogens is 1. The first-order valence-corrected chi connectivity index (χ1v) is 8.18. The van der Waals surface area contributed by atoms with Crippen LogP contribution in [0.3, 0.4) is 0 Å². The van der Waals surface area contributed by atoms with Crippen molar-refractivity contribution in [3.05, 3.63) is 38.3 Å². The van der Waals surface area contributed by atoms with E-state index in [4.69, 9.17) is 4.74 Å². The number of rotatable bonds is 6. The Morgan fingerprint density at radius 1 is 1.48 bits per heavy atom. The molecule has 23 heavy (non-hydrogen) atoms. The number of hydrogen-bond donors (Lipinski definition) is 2. The number of methoxy groups -OCH3 is 1. The number of amides is 1. The molecule has 0 atom stereocenters. The Bertz CT molecular complexity index is 583. The monoisotopic (exact) mass is 385 g/mol. The van der Waals surface area contributed by atoms with Crippen LogP contribution in [-0.2, 0) is 4.74 Å². The Hall–Kier alpha value is -1.51. The summed E-state index contributed by atoms with van der Waals surface area (Å²) in [5.41, 5.74) is -0.262. The molecule has 1 aromatic carbocycles. The Balaban J connectivity index is 2.11. The van der Waals surface area contributed by atoms with E-state index in [1.165, 1.54) is 12.1 Å². The Kier molecular flexibility index (Phi) is 6.09. The van der Waals surface area contributed by atoms with Gasteiger partial charge in [0.1, 0.15) is 5.56 Å². The summed E-state index contributed by atoms with van der Waals surface area (Å²) in [6.45, 7) is 2.74. The number of piperidine rings is 1. The molecule has 0 unspecified atom stereocenters. The van der Waals surface area contributed by atoms with E-state index >= 15 is 0 Å².